The van der Waals surface area contributed by atoms with Crippen LogP contribution in [0.1, 0.15) is 17.3 Å². The molecule has 2 rings (SSSR count). The third kappa shape index (κ3) is 4.91. The van der Waals surface area contributed by atoms with Gasteiger partial charge < -0.3 is 10.1 Å². The number of hydrogen-bond donors (Lipinski definition) is 1. The fourth-order valence-electron chi connectivity index (χ4n) is 1.95. The first kappa shape index (κ1) is 18.7. The number of nitrogens with zero attached hydrogens (tertiary/aromatic N) is 1. The van der Waals surface area contributed by atoms with Crippen LogP contribution in [0.3, 0.4) is 0 Å². The Morgan fingerprint density at radius 1 is 1.16 bits per heavy atom. The van der Waals surface area contributed by atoms with Crippen molar-refractivity contribution in [2.45, 2.75) is 13.0 Å². The van der Waals surface area contributed by atoms with Crippen molar-refractivity contribution in [2.24, 2.45) is 0 Å². The van der Waals surface area contributed by atoms with Gasteiger partial charge >= 0.3 is 5.97 Å². The first-order chi connectivity index (χ1) is 11.8. The summed E-state index contributed by atoms with van der Waals surface area (Å²) in [5.74, 6) is -1.61. The zero-order chi connectivity index (χ0) is 18.6. The predicted octanol–water partition coefficient (Wildman–Crippen LogP) is 4.09. The summed E-state index contributed by atoms with van der Waals surface area (Å²) in [6, 6.07) is 9.76. The van der Waals surface area contributed by atoms with E-state index in [2.05, 4.69) is 5.32 Å². The van der Waals surface area contributed by atoms with E-state index in [0.29, 0.717) is 15.7 Å². The van der Waals surface area contributed by atoms with E-state index >= 15 is 0 Å². The molecule has 0 spiro atoms. The summed E-state index contributed by atoms with van der Waals surface area (Å²) in [6.45, 7) is 1.34. The predicted molar refractivity (Wildman–Crippen MR) is 93.1 cm³/mol. The average molecular weight is 383 g/mol. The Kier molecular flexibility index (Phi) is 5.95. The van der Waals surface area contributed by atoms with Crippen LogP contribution in [0.5, 0.6) is 0 Å². The lowest BCUT2D eigenvalue weighted by Crippen LogP contribution is -2.30. The molecule has 9 heteroatoms. The molecule has 0 saturated carbocycles. The number of nitrogens with one attached hydrogen (secondary N) is 1. The molecule has 0 aliphatic carbocycles. The highest BCUT2D eigenvalue weighted by Gasteiger charge is 2.25. The van der Waals surface area contributed by atoms with Gasteiger partial charge in [-0.2, -0.15) is 0 Å². The Balaban J connectivity index is 2.08. The summed E-state index contributed by atoms with van der Waals surface area (Å²) in [7, 11) is 0. The second-order valence-electron chi connectivity index (χ2n) is 4.97. The summed E-state index contributed by atoms with van der Waals surface area (Å²) in [5, 5.41) is 14.1. The molecule has 0 radical (unpaired) electrons. The monoisotopic (exact) mass is 382 g/mol. The summed E-state index contributed by atoms with van der Waals surface area (Å²) in [6.07, 6.45) is -1.19. The highest BCUT2D eigenvalue weighted by atomic mass is 35.5. The van der Waals surface area contributed by atoms with E-state index in [-0.39, 0.29) is 5.56 Å². The number of anilines is 1. The normalized spacial score (nSPS) is 11.5. The van der Waals surface area contributed by atoms with Crippen LogP contribution in [0.25, 0.3) is 0 Å². The quantitative estimate of drug-likeness (QED) is 0.477. The Morgan fingerprint density at radius 3 is 2.36 bits per heavy atom. The van der Waals surface area contributed by atoms with Gasteiger partial charge in [0.25, 0.3) is 11.6 Å². The molecule has 0 aliphatic heterocycles. The lowest BCUT2D eigenvalue weighted by Gasteiger charge is -2.14. The van der Waals surface area contributed by atoms with Gasteiger partial charge in [0.15, 0.2) is 6.10 Å². The number of amides is 1. The smallest absolute Gasteiger partial charge is 0.345 e. The van der Waals surface area contributed by atoms with Crippen LogP contribution in [0, 0.1) is 10.1 Å². The minimum absolute atomic E-state index is 0.238. The van der Waals surface area contributed by atoms with Gasteiger partial charge in [-0.25, -0.2) is 4.79 Å². The number of nitro groups is 1. The third-order valence-corrected chi connectivity index (χ3v) is 3.54. The minimum Gasteiger partial charge on any atom is -0.449 e. The molecular formula is C16H12Cl2N2O5. The number of esters is 1. The second-order valence-corrected chi connectivity index (χ2v) is 5.84. The van der Waals surface area contributed by atoms with Crippen LogP contribution in [0.4, 0.5) is 11.4 Å². The van der Waals surface area contributed by atoms with Gasteiger partial charge in [0, 0.05) is 21.8 Å². The fraction of sp³-hybridized carbons (Fsp3) is 0.125. The number of para-hydroxylation sites is 1. The third-order valence-electron chi connectivity index (χ3n) is 3.10. The molecule has 25 heavy (non-hydrogen) atoms. The Bertz CT molecular complexity index is 821. The maximum Gasteiger partial charge on any atom is 0.345 e. The van der Waals surface area contributed by atoms with Crippen LogP contribution >= 0.6 is 23.2 Å². The molecule has 1 N–H and O–H groups in total. The molecule has 1 amide bonds. The summed E-state index contributed by atoms with van der Waals surface area (Å²) in [5.41, 5.74) is -0.309. The molecule has 2 aromatic carbocycles. The number of nitro benzene ring substituents is 1. The van der Waals surface area contributed by atoms with Gasteiger partial charge in [-0.05, 0) is 31.2 Å². The van der Waals surface area contributed by atoms with E-state index in [9.17, 15) is 19.7 Å². The van der Waals surface area contributed by atoms with E-state index in [1.165, 1.54) is 49.4 Å². The summed E-state index contributed by atoms with van der Waals surface area (Å²) in [4.78, 5) is 34.5. The van der Waals surface area contributed by atoms with Crippen molar-refractivity contribution in [1.29, 1.82) is 0 Å². The fourth-order valence-corrected chi connectivity index (χ4v) is 2.48. The number of ether oxygens (including phenoxy) is 1. The lowest BCUT2D eigenvalue weighted by molar-refractivity contribution is -0.385. The molecule has 0 fully saturated rings. The Labute approximate surface area is 152 Å². The first-order valence-corrected chi connectivity index (χ1v) is 7.75. The van der Waals surface area contributed by atoms with E-state index in [1.54, 1.807) is 0 Å². The van der Waals surface area contributed by atoms with Gasteiger partial charge in [-0.3, -0.25) is 14.9 Å². The standard InChI is InChI=1S/C16H12Cl2N2O5/c1-9(15(21)19-12-7-10(17)6-11(18)8-12)25-16(22)13-4-2-3-5-14(13)20(23)24/h2-9H,1H3,(H,19,21). The first-order valence-electron chi connectivity index (χ1n) is 6.99. The second kappa shape index (κ2) is 7.96. The molecular weight excluding hydrogens is 371 g/mol. The van der Waals surface area contributed by atoms with Crippen LogP contribution in [0.2, 0.25) is 10.0 Å². The number of rotatable bonds is 5. The number of carbonyl (C=O) groups is 2. The zero-order valence-electron chi connectivity index (χ0n) is 12.9. The van der Waals surface area contributed by atoms with Gasteiger partial charge in [-0.1, -0.05) is 35.3 Å². The van der Waals surface area contributed by atoms with E-state index in [0.717, 1.165) is 0 Å². The van der Waals surface area contributed by atoms with Crippen molar-refractivity contribution < 1.29 is 19.2 Å². The lowest BCUT2D eigenvalue weighted by atomic mass is 10.2. The molecule has 7 nitrogen and oxygen atoms in total. The highest BCUT2D eigenvalue weighted by molar-refractivity contribution is 6.35. The largest absolute Gasteiger partial charge is 0.449 e. The van der Waals surface area contributed by atoms with Crippen LogP contribution in [0.15, 0.2) is 42.5 Å². The van der Waals surface area contributed by atoms with E-state index in [4.69, 9.17) is 27.9 Å². The summed E-state index contributed by atoms with van der Waals surface area (Å²) < 4.78 is 5.00. The molecule has 0 aliphatic rings. The number of carbonyl (C=O) groups excluding carboxylic acids is 2. The molecule has 2 aromatic rings. The molecule has 0 saturated heterocycles. The molecule has 130 valence electrons. The van der Waals surface area contributed by atoms with Crippen molar-refractivity contribution in [1.82, 2.24) is 0 Å². The highest BCUT2D eigenvalue weighted by Crippen LogP contribution is 2.23. The maximum atomic E-state index is 12.1. The van der Waals surface area contributed by atoms with Gasteiger partial charge in [-0.15, -0.1) is 0 Å². The zero-order valence-corrected chi connectivity index (χ0v) is 14.4. The molecule has 0 aromatic heterocycles. The number of halogens is 2. The number of hydrogen-bond acceptors (Lipinski definition) is 5. The molecule has 0 bridgehead atoms. The molecule has 1 unspecified atom stereocenters. The average Bonchev–Trinajstić information content (AvgIpc) is 2.53. The molecule has 0 heterocycles. The van der Waals surface area contributed by atoms with Crippen LogP contribution in [-0.4, -0.2) is 22.9 Å². The number of benzene rings is 2. The minimum atomic E-state index is -1.19. The topological polar surface area (TPSA) is 98.5 Å². The van der Waals surface area contributed by atoms with Gasteiger partial charge in [0.1, 0.15) is 5.56 Å². The van der Waals surface area contributed by atoms with Crippen molar-refractivity contribution in [3.05, 3.63) is 68.2 Å². The van der Waals surface area contributed by atoms with E-state index in [1.807, 2.05) is 0 Å². The Morgan fingerprint density at radius 2 is 1.76 bits per heavy atom. The van der Waals surface area contributed by atoms with Gasteiger partial charge in [0.05, 0.1) is 4.92 Å². The SMILES string of the molecule is CC(OC(=O)c1ccccc1[N+](=O)[O-])C(=O)Nc1cc(Cl)cc(Cl)c1. The van der Waals surface area contributed by atoms with Crippen molar-refractivity contribution in [3.8, 4) is 0 Å². The maximum absolute atomic E-state index is 12.1. The van der Waals surface area contributed by atoms with E-state index < -0.39 is 28.6 Å². The van der Waals surface area contributed by atoms with Gasteiger partial charge in [0.2, 0.25) is 0 Å². The van der Waals surface area contributed by atoms with Crippen molar-refractivity contribution in [3.63, 3.8) is 0 Å². The van der Waals surface area contributed by atoms with Crippen LogP contribution in [-0.2, 0) is 9.53 Å². The van der Waals surface area contributed by atoms with Crippen molar-refractivity contribution >= 4 is 46.5 Å². The summed E-state index contributed by atoms with van der Waals surface area (Å²) >= 11 is 11.7. The molecule has 1 atom stereocenters. The Hall–Kier alpha value is -2.64. The van der Waals surface area contributed by atoms with Crippen molar-refractivity contribution in [2.75, 3.05) is 5.32 Å². The van der Waals surface area contributed by atoms with Crippen LogP contribution < -0.4 is 5.32 Å².